The zero-order valence-electron chi connectivity index (χ0n) is 9.36. The van der Waals surface area contributed by atoms with E-state index in [4.69, 9.17) is 5.73 Å². The van der Waals surface area contributed by atoms with E-state index in [1.165, 1.54) is 0 Å². The monoisotopic (exact) mass is 204 g/mol. The lowest BCUT2D eigenvalue weighted by Gasteiger charge is -2.07. The maximum absolute atomic E-state index is 5.84. The van der Waals surface area contributed by atoms with Gasteiger partial charge in [0.1, 0.15) is 17.2 Å². The van der Waals surface area contributed by atoms with Gasteiger partial charge in [0, 0.05) is 18.3 Å². The quantitative estimate of drug-likeness (QED) is 0.815. The smallest absolute Gasteiger partial charge is 0.149 e. The second kappa shape index (κ2) is 3.53. The zero-order valence-corrected chi connectivity index (χ0v) is 9.36. The van der Waals surface area contributed by atoms with Crippen LogP contribution in [0.25, 0.3) is 5.52 Å². The van der Waals surface area contributed by atoms with Crippen LogP contribution >= 0.6 is 0 Å². The predicted molar refractivity (Wildman–Crippen MR) is 60.8 cm³/mol. The Morgan fingerprint density at radius 3 is 2.93 bits per heavy atom. The Balaban J connectivity index is 2.73. The average Bonchev–Trinajstić information content (AvgIpc) is 2.56. The first-order chi connectivity index (χ1) is 7.15. The topological polar surface area (TPSA) is 56.2 Å². The summed E-state index contributed by atoms with van der Waals surface area (Å²) in [6.45, 7) is 6.30. The van der Waals surface area contributed by atoms with Gasteiger partial charge in [-0.1, -0.05) is 13.8 Å². The Bertz CT molecular complexity index is 487. The van der Waals surface area contributed by atoms with Crippen LogP contribution in [0.1, 0.15) is 37.7 Å². The van der Waals surface area contributed by atoms with Gasteiger partial charge in [0.15, 0.2) is 0 Å². The van der Waals surface area contributed by atoms with Gasteiger partial charge < -0.3 is 5.73 Å². The fourth-order valence-corrected chi connectivity index (χ4v) is 1.80. The van der Waals surface area contributed by atoms with Crippen molar-refractivity contribution in [3.05, 3.63) is 23.9 Å². The Kier molecular flexibility index (Phi) is 2.34. The van der Waals surface area contributed by atoms with Crippen LogP contribution in [0, 0.1) is 6.92 Å². The van der Waals surface area contributed by atoms with Crippen LogP contribution in [0.2, 0.25) is 0 Å². The number of nitrogens with zero attached hydrogens (tertiary/aromatic N) is 3. The molecule has 0 aromatic carbocycles. The summed E-state index contributed by atoms with van der Waals surface area (Å²) in [6.07, 6.45) is 4.71. The highest BCUT2D eigenvalue weighted by molar-refractivity contribution is 5.68. The number of aromatic nitrogens is 3. The third-order valence-corrected chi connectivity index (χ3v) is 2.84. The van der Waals surface area contributed by atoms with E-state index in [0.29, 0.717) is 11.7 Å². The summed E-state index contributed by atoms with van der Waals surface area (Å²) in [7, 11) is 0. The van der Waals surface area contributed by atoms with Crippen molar-refractivity contribution in [1.29, 1.82) is 0 Å². The van der Waals surface area contributed by atoms with E-state index in [-0.39, 0.29) is 0 Å². The van der Waals surface area contributed by atoms with Crippen LogP contribution in [0.3, 0.4) is 0 Å². The lowest BCUT2D eigenvalue weighted by molar-refractivity contribution is 0.674. The lowest BCUT2D eigenvalue weighted by Crippen LogP contribution is -2.01. The summed E-state index contributed by atoms with van der Waals surface area (Å²) in [4.78, 5) is 8.65. The fourth-order valence-electron chi connectivity index (χ4n) is 1.80. The van der Waals surface area contributed by atoms with Crippen molar-refractivity contribution < 1.29 is 0 Å². The summed E-state index contributed by atoms with van der Waals surface area (Å²) in [6, 6.07) is 0. The first kappa shape index (κ1) is 9.96. The van der Waals surface area contributed by atoms with Gasteiger partial charge in [0.05, 0.1) is 5.69 Å². The van der Waals surface area contributed by atoms with Crippen molar-refractivity contribution in [2.75, 3.05) is 5.73 Å². The SMILES string of the molecule is CCC(C)c1nc(C)c2c(N)nccn12. The van der Waals surface area contributed by atoms with E-state index in [9.17, 15) is 0 Å². The molecule has 0 fully saturated rings. The number of hydrogen-bond donors (Lipinski definition) is 1. The minimum absolute atomic E-state index is 0.438. The van der Waals surface area contributed by atoms with Crippen molar-refractivity contribution in [2.45, 2.75) is 33.1 Å². The molecule has 0 saturated carbocycles. The first-order valence-corrected chi connectivity index (χ1v) is 5.24. The van der Waals surface area contributed by atoms with Crippen molar-refractivity contribution >= 4 is 11.3 Å². The molecule has 2 N–H and O–H groups in total. The molecular formula is C11H16N4. The Morgan fingerprint density at radius 1 is 1.53 bits per heavy atom. The van der Waals surface area contributed by atoms with Crippen molar-refractivity contribution in [2.24, 2.45) is 0 Å². The molecule has 2 heterocycles. The molecule has 4 nitrogen and oxygen atoms in total. The standard InChI is InChI=1S/C11H16N4/c1-4-7(2)11-14-8(3)9-10(12)13-5-6-15(9)11/h5-7H,4H2,1-3H3,(H2,12,13). The molecule has 0 aliphatic rings. The molecule has 0 saturated heterocycles. The van der Waals surface area contributed by atoms with E-state index in [1.807, 2.05) is 17.5 Å². The molecule has 80 valence electrons. The molecule has 2 rings (SSSR count). The molecule has 2 aromatic heterocycles. The van der Waals surface area contributed by atoms with E-state index in [1.54, 1.807) is 6.20 Å². The molecule has 0 aliphatic carbocycles. The van der Waals surface area contributed by atoms with Crippen LogP contribution in [0.5, 0.6) is 0 Å². The largest absolute Gasteiger partial charge is 0.382 e. The highest BCUT2D eigenvalue weighted by Gasteiger charge is 2.14. The Hall–Kier alpha value is -1.58. The van der Waals surface area contributed by atoms with Gasteiger partial charge >= 0.3 is 0 Å². The summed E-state index contributed by atoms with van der Waals surface area (Å²) < 4.78 is 2.05. The fraction of sp³-hybridized carbons (Fsp3) is 0.455. The van der Waals surface area contributed by atoms with Gasteiger partial charge in [0.2, 0.25) is 0 Å². The highest BCUT2D eigenvalue weighted by atomic mass is 15.1. The molecule has 1 unspecified atom stereocenters. The van der Waals surface area contributed by atoms with Crippen molar-refractivity contribution in [3.8, 4) is 0 Å². The van der Waals surface area contributed by atoms with Gasteiger partial charge in [-0.25, -0.2) is 9.97 Å². The number of anilines is 1. The maximum Gasteiger partial charge on any atom is 0.149 e. The normalized spacial score (nSPS) is 13.3. The summed E-state index contributed by atoms with van der Waals surface area (Å²) in [5.74, 6) is 2.06. The second-order valence-electron chi connectivity index (χ2n) is 3.90. The van der Waals surface area contributed by atoms with Gasteiger partial charge in [0.25, 0.3) is 0 Å². The molecule has 0 amide bonds. The minimum Gasteiger partial charge on any atom is -0.382 e. The van der Waals surface area contributed by atoms with Crippen molar-refractivity contribution in [3.63, 3.8) is 0 Å². The number of nitrogen functional groups attached to an aromatic ring is 1. The molecule has 2 aromatic rings. The Labute approximate surface area is 89.2 Å². The van der Waals surface area contributed by atoms with Gasteiger partial charge in [-0.15, -0.1) is 0 Å². The van der Waals surface area contributed by atoms with Crippen molar-refractivity contribution in [1.82, 2.24) is 14.4 Å². The molecule has 4 heteroatoms. The lowest BCUT2D eigenvalue weighted by atomic mass is 10.1. The van der Waals surface area contributed by atoms with Crippen LogP contribution in [-0.4, -0.2) is 14.4 Å². The number of hydrogen-bond acceptors (Lipinski definition) is 3. The van der Waals surface area contributed by atoms with Gasteiger partial charge in [-0.3, -0.25) is 4.40 Å². The molecule has 1 atom stereocenters. The summed E-state index contributed by atoms with van der Waals surface area (Å²) >= 11 is 0. The molecule has 15 heavy (non-hydrogen) atoms. The van der Waals surface area contributed by atoms with E-state index in [2.05, 4.69) is 23.8 Å². The number of nitrogens with two attached hydrogens (primary N) is 1. The third kappa shape index (κ3) is 1.46. The average molecular weight is 204 g/mol. The summed E-state index contributed by atoms with van der Waals surface area (Å²) in [5, 5.41) is 0. The summed E-state index contributed by atoms with van der Waals surface area (Å²) in [5.41, 5.74) is 7.73. The third-order valence-electron chi connectivity index (χ3n) is 2.84. The minimum atomic E-state index is 0.438. The highest BCUT2D eigenvalue weighted by Crippen LogP contribution is 2.23. The Morgan fingerprint density at radius 2 is 2.27 bits per heavy atom. The first-order valence-electron chi connectivity index (χ1n) is 5.24. The molecule has 0 bridgehead atoms. The van der Waals surface area contributed by atoms with E-state index >= 15 is 0 Å². The number of fused-ring (bicyclic) bond motifs is 1. The second-order valence-corrected chi connectivity index (χ2v) is 3.90. The molecule has 0 radical (unpaired) electrons. The van der Waals surface area contributed by atoms with E-state index < -0.39 is 0 Å². The zero-order chi connectivity index (χ0) is 11.0. The van der Waals surface area contributed by atoms with Gasteiger partial charge in [-0.05, 0) is 13.3 Å². The van der Waals surface area contributed by atoms with Crippen LogP contribution in [0.4, 0.5) is 5.82 Å². The molecule has 0 spiro atoms. The molecule has 0 aliphatic heterocycles. The van der Waals surface area contributed by atoms with Crippen LogP contribution in [-0.2, 0) is 0 Å². The predicted octanol–water partition coefficient (Wildman–Crippen LogP) is 2.13. The molecular weight excluding hydrogens is 188 g/mol. The number of rotatable bonds is 2. The van der Waals surface area contributed by atoms with Crippen LogP contribution in [0.15, 0.2) is 12.4 Å². The maximum atomic E-state index is 5.84. The van der Waals surface area contributed by atoms with Gasteiger partial charge in [-0.2, -0.15) is 0 Å². The van der Waals surface area contributed by atoms with E-state index in [0.717, 1.165) is 23.5 Å². The number of imidazole rings is 1. The number of aryl methyl sites for hydroxylation is 1. The van der Waals surface area contributed by atoms with Crippen LogP contribution < -0.4 is 5.73 Å².